The third-order valence-electron chi connectivity index (χ3n) is 4.78. The molecule has 1 aliphatic heterocycles. The van der Waals surface area contributed by atoms with Gasteiger partial charge in [-0.05, 0) is 31.3 Å². The lowest BCUT2D eigenvalue weighted by atomic mass is 10.2. The number of fused-ring (bicyclic) bond motifs is 1. The van der Waals surface area contributed by atoms with Crippen molar-refractivity contribution in [1.82, 2.24) is 9.80 Å². The quantitative estimate of drug-likeness (QED) is 0.741. The van der Waals surface area contributed by atoms with E-state index in [1.165, 1.54) is 29.6 Å². The maximum absolute atomic E-state index is 14.4. The molecule has 156 valence electrons. The zero-order valence-corrected chi connectivity index (χ0v) is 17.0. The van der Waals surface area contributed by atoms with Crippen LogP contribution < -0.4 is 8.61 Å². The number of benzene rings is 2. The smallest absolute Gasteiger partial charge is 0.407 e. The van der Waals surface area contributed by atoms with Gasteiger partial charge < -0.3 is 14.9 Å². The Balaban J connectivity index is 1.81. The molecular formula is C19H23FN4O4S. The van der Waals surface area contributed by atoms with Crippen molar-refractivity contribution in [3.8, 4) is 0 Å². The van der Waals surface area contributed by atoms with Crippen molar-refractivity contribution < 1.29 is 22.7 Å². The molecule has 1 amide bonds. The number of halogens is 1. The van der Waals surface area contributed by atoms with Crippen LogP contribution in [0.3, 0.4) is 0 Å². The maximum Gasteiger partial charge on any atom is 0.407 e. The van der Waals surface area contributed by atoms with Gasteiger partial charge in [0.05, 0.1) is 17.1 Å². The summed E-state index contributed by atoms with van der Waals surface area (Å²) in [5.41, 5.74) is 0.844. The molecule has 10 heteroatoms. The van der Waals surface area contributed by atoms with Crippen LogP contribution in [0.25, 0.3) is 0 Å². The van der Waals surface area contributed by atoms with E-state index in [0.29, 0.717) is 31.0 Å². The Bertz CT molecular complexity index is 1000. The number of hydrogen-bond donors (Lipinski definition) is 1. The van der Waals surface area contributed by atoms with Crippen molar-refractivity contribution in [3.05, 3.63) is 54.3 Å². The number of nitrogens with zero attached hydrogens (tertiary/aromatic N) is 4. The van der Waals surface area contributed by atoms with Gasteiger partial charge in [0.15, 0.2) is 0 Å². The largest absolute Gasteiger partial charge is 0.465 e. The molecule has 1 aliphatic rings. The lowest BCUT2D eigenvalue weighted by molar-refractivity contribution is 0.151. The highest BCUT2D eigenvalue weighted by molar-refractivity contribution is 7.95. The first-order valence-electron chi connectivity index (χ1n) is 9.02. The molecule has 3 rings (SSSR count). The van der Waals surface area contributed by atoms with Gasteiger partial charge in [-0.1, -0.05) is 24.3 Å². The summed E-state index contributed by atoms with van der Waals surface area (Å²) < 4.78 is 43.2. The second-order valence-electron chi connectivity index (χ2n) is 6.79. The lowest BCUT2D eigenvalue weighted by Gasteiger charge is -2.25. The van der Waals surface area contributed by atoms with E-state index in [2.05, 4.69) is 0 Å². The van der Waals surface area contributed by atoms with Gasteiger partial charge in [-0.3, -0.25) is 0 Å². The van der Waals surface area contributed by atoms with Crippen molar-refractivity contribution in [2.24, 2.45) is 0 Å². The van der Waals surface area contributed by atoms with E-state index in [9.17, 15) is 17.6 Å². The Kier molecular flexibility index (Phi) is 5.94. The minimum atomic E-state index is -4.01. The topological polar surface area (TPSA) is 84.4 Å². The fraction of sp³-hybridized carbons (Fsp3) is 0.316. The monoisotopic (exact) mass is 422 g/mol. The third kappa shape index (κ3) is 4.13. The summed E-state index contributed by atoms with van der Waals surface area (Å²) in [6.45, 7) is 1.29. The van der Waals surface area contributed by atoms with Crippen molar-refractivity contribution in [1.29, 1.82) is 0 Å². The Labute approximate surface area is 169 Å². The molecule has 0 radical (unpaired) electrons. The standard InChI is InChI=1S/C19H23FN4O4S/c1-21(11-13-22(2)19(25)26)12-14-23-17-9-5-6-10-18(17)24(29(23,27)28)16-8-4-3-7-15(16)20/h3-10H,11-14H2,1-2H3,(H,25,26). The van der Waals surface area contributed by atoms with E-state index in [-0.39, 0.29) is 12.2 Å². The molecule has 0 aliphatic carbocycles. The van der Waals surface area contributed by atoms with E-state index >= 15 is 0 Å². The van der Waals surface area contributed by atoms with Gasteiger partial charge in [-0.15, -0.1) is 0 Å². The minimum absolute atomic E-state index is 0.0288. The second-order valence-corrected chi connectivity index (χ2v) is 8.49. The first-order valence-corrected chi connectivity index (χ1v) is 10.4. The number of hydrogen-bond acceptors (Lipinski definition) is 4. The number of carboxylic acid groups (broad SMARTS) is 1. The molecule has 0 spiro atoms. The Hall–Kier alpha value is -2.85. The number of para-hydroxylation sites is 3. The summed E-state index contributed by atoms with van der Waals surface area (Å²) in [5.74, 6) is -0.624. The van der Waals surface area contributed by atoms with Gasteiger partial charge in [0.1, 0.15) is 5.82 Å². The van der Waals surface area contributed by atoms with Crippen LogP contribution >= 0.6 is 0 Å². The molecule has 0 unspecified atom stereocenters. The average molecular weight is 422 g/mol. The number of amides is 1. The molecule has 0 fully saturated rings. The Morgan fingerprint density at radius 1 is 0.966 bits per heavy atom. The maximum atomic E-state index is 14.4. The number of rotatable bonds is 7. The van der Waals surface area contributed by atoms with Crippen LogP contribution in [0, 0.1) is 5.82 Å². The van der Waals surface area contributed by atoms with Gasteiger partial charge >= 0.3 is 16.3 Å². The van der Waals surface area contributed by atoms with Gasteiger partial charge in [-0.2, -0.15) is 8.42 Å². The molecule has 0 saturated heterocycles. The normalized spacial score (nSPS) is 14.9. The van der Waals surface area contributed by atoms with Crippen LogP contribution in [0.2, 0.25) is 0 Å². The molecule has 1 heterocycles. The van der Waals surface area contributed by atoms with Gasteiger partial charge in [0, 0.05) is 33.2 Å². The van der Waals surface area contributed by atoms with Crippen LogP contribution in [0.15, 0.2) is 48.5 Å². The highest BCUT2D eigenvalue weighted by atomic mass is 32.2. The number of anilines is 3. The van der Waals surface area contributed by atoms with Crippen LogP contribution in [0.4, 0.5) is 26.2 Å². The summed E-state index contributed by atoms with van der Waals surface area (Å²) in [6, 6.07) is 12.5. The fourth-order valence-electron chi connectivity index (χ4n) is 3.09. The molecule has 1 N–H and O–H groups in total. The predicted octanol–water partition coefficient (Wildman–Crippen LogP) is 2.57. The molecule has 8 nitrogen and oxygen atoms in total. The zero-order valence-electron chi connectivity index (χ0n) is 16.2. The average Bonchev–Trinajstić information content (AvgIpc) is 2.90. The summed E-state index contributed by atoms with van der Waals surface area (Å²) >= 11 is 0. The predicted molar refractivity (Wildman–Crippen MR) is 109 cm³/mol. The minimum Gasteiger partial charge on any atom is -0.465 e. The molecule has 0 aromatic heterocycles. The van der Waals surface area contributed by atoms with Crippen LogP contribution in [-0.4, -0.2) is 69.7 Å². The first kappa shape index (κ1) is 20.9. The van der Waals surface area contributed by atoms with E-state index < -0.39 is 22.1 Å². The summed E-state index contributed by atoms with van der Waals surface area (Å²) in [5, 5.41) is 8.92. The second kappa shape index (κ2) is 8.26. The van der Waals surface area contributed by atoms with Gasteiger partial charge in [0.25, 0.3) is 0 Å². The first-order chi connectivity index (χ1) is 13.7. The SMILES string of the molecule is CN(CCN(C)C(=O)O)CCN1c2ccccc2N(c2ccccc2F)S1(=O)=O. The summed E-state index contributed by atoms with van der Waals surface area (Å²) in [4.78, 5) is 13.9. The van der Waals surface area contributed by atoms with E-state index in [0.717, 1.165) is 9.21 Å². The third-order valence-corrected chi connectivity index (χ3v) is 6.57. The molecule has 0 atom stereocenters. The van der Waals surface area contributed by atoms with Crippen molar-refractivity contribution in [2.45, 2.75) is 0 Å². The summed E-state index contributed by atoms with van der Waals surface area (Å²) in [6.07, 6.45) is -1.02. The zero-order chi connectivity index (χ0) is 21.2. The highest BCUT2D eigenvalue weighted by Gasteiger charge is 2.41. The van der Waals surface area contributed by atoms with Crippen molar-refractivity contribution >= 4 is 33.4 Å². The lowest BCUT2D eigenvalue weighted by Crippen LogP contribution is -2.41. The van der Waals surface area contributed by atoms with Crippen LogP contribution in [-0.2, 0) is 10.2 Å². The van der Waals surface area contributed by atoms with E-state index in [4.69, 9.17) is 5.11 Å². The highest BCUT2D eigenvalue weighted by Crippen LogP contribution is 2.45. The number of likely N-dealkylation sites (N-methyl/N-ethyl adjacent to an activating group) is 2. The molecule has 0 bridgehead atoms. The molecule has 2 aromatic rings. The van der Waals surface area contributed by atoms with Crippen molar-refractivity contribution in [3.63, 3.8) is 0 Å². The van der Waals surface area contributed by atoms with Gasteiger partial charge in [0.2, 0.25) is 0 Å². The Morgan fingerprint density at radius 3 is 2.17 bits per heavy atom. The van der Waals surface area contributed by atoms with Crippen molar-refractivity contribution in [2.75, 3.05) is 48.9 Å². The number of carbonyl (C=O) groups is 1. The molecular weight excluding hydrogens is 399 g/mol. The van der Waals surface area contributed by atoms with Crippen LogP contribution in [0.1, 0.15) is 0 Å². The van der Waals surface area contributed by atoms with E-state index in [1.807, 2.05) is 4.90 Å². The molecule has 0 saturated carbocycles. The molecule has 2 aromatic carbocycles. The van der Waals surface area contributed by atoms with Gasteiger partial charge in [-0.25, -0.2) is 17.8 Å². The molecule has 29 heavy (non-hydrogen) atoms. The Morgan fingerprint density at radius 2 is 1.55 bits per heavy atom. The van der Waals surface area contributed by atoms with E-state index in [1.54, 1.807) is 37.4 Å². The summed E-state index contributed by atoms with van der Waals surface area (Å²) in [7, 11) is -0.741. The fourth-order valence-corrected chi connectivity index (χ4v) is 4.80. The van der Waals surface area contributed by atoms with Crippen LogP contribution in [0.5, 0.6) is 0 Å².